The predicted octanol–water partition coefficient (Wildman–Crippen LogP) is 3.63. The highest BCUT2D eigenvalue weighted by atomic mass is 16.3. The van der Waals surface area contributed by atoms with Crippen molar-refractivity contribution in [1.29, 1.82) is 0 Å². The first-order valence-electron chi connectivity index (χ1n) is 8.58. The molecular formula is C22H20N2O2. The van der Waals surface area contributed by atoms with E-state index in [1.807, 2.05) is 37.4 Å². The van der Waals surface area contributed by atoms with E-state index in [-0.39, 0.29) is 22.0 Å². The zero-order chi connectivity index (χ0) is 18.5. The van der Waals surface area contributed by atoms with E-state index in [0.717, 1.165) is 11.4 Å². The molecule has 0 saturated heterocycles. The molecule has 0 aromatic heterocycles. The lowest BCUT2D eigenvalue weighted by Crippen LogP contribution is -2.35. The molecule has 1 aliphatic heterocycles. The summed E-state index contributed by atoms with van der Waals surface area (Å²) in [5, 5.41) is 10.5. The van der Waals surface area contributed by atoms with Crippen LogP contribution in [0.1, 0.15) is 25.0 Å². The third-order valence-electron chi connectivity index (χ3n) is 5.16. The van der Waals surface area contributed by atoms with Gasteiger partial charge in [-0.2, -0.15) is 0 Å². The van der Waals surface area contributed by atoms with Gasteiger partial charge in [0.25, 0.3) is 0 Å². The summed E-state index contributed by atoms with van der Waals surface area (Å²) in [6, 6.07) is 17.4. The summed E-state index contributed by atoms with van der Waals surface area (Å²) in [5.74, 6) is -0.0356. The van der Waals surface area contributed by atoms with Crippen molar-refractivity contribution in [3.63, 3.8) is 0 Å². The van der Waals surface area contributed by atoms with Crippen LogP contribution in [0, 0.1) is 0 Å². The third-order valence-corrected chi connectivity index (χ3v) is 5.16. The number of fused-ring (bicyclic) bond motifs is 1. The molecule has 4 nitrogen and oxygen atoms in total. The van der Waals surface area contributed by atoms with E-state index in [2.05, 4.69) is 35.9 Å². The minimum absolute atomic E-state index is 0.0356. The van der Waals surface area contributed by atoms with Crippen LogP contribution in [-0.2, 0) is 5.41 Å². The number of anilines is 1. The lowest BCUT2D eigenvalue weighted by atomic mass is 9.83. The Balaban J connectivity index is 1.79. The van der Waals surface area contributed by atoms with Gasteiger partial charge in [0.05, 0.1) is 11.3 Å². The minimum atomic E-state index is -0.245. The van der Waals surface area contributed by atoms with Crippen molar-refractivity contribution in [2.24, 2.45) is 4.99 Å². The molecule has 0 bridgehead atoms. The van der Waals surface area contributed by atoms with Crippen LogP contribution in [0.5, 0.6) is 5.75 Å². The molecular weight excluding hydrogens is 324 g/mol. The fraction of sp³-hybridized carbons (Fsp3) is 0.182. The van der Waals surface area contributed by atoms with Gasteiger partial charge in [-0.05, 0) is 29.8 Å². The highest BCUT2D eigenvalue weighted by molar-refractivity contribution is 5.77. The summed E-state index contributed by atoms with van der Waals surface area (Å²) in [7, 11) is 1.99. The van der Waals surface area contributed by atoms with E-state index in [0.29, 0.717) is 11.3 Å². The Bertz CT molecular complexity index is 1100. The first-order chi connectivity index (χ1) is 12.4. The smallest absolute Gasteiger partial charge is 0.219 e. The number of hydrogen-bond acceptors (Lipinski definition) is 4. The summed E-state index contributed by atoms with van der Waals surface area (Å²) < 4.78 is 0. The van der Waals surface area contributed by atoms with Crippen LogP contribution in [0.4, 0.5) is 11.4 Å². The fourth-order valence-electron chi connectivity index (χ4n) is 3.67. The van der Waals surface area contributed by atoms with E-state index in [4.69, 9.17) is 0 Å². The fourth-order valence-corrected chi connectivity index (χ4v) is 3.67. The Hall–Kier alpha value is -3.14. The van der Waals surface area contributed by atoms with Gasteiger partial charge in [-0.3, -0.25) is 4.79 Å². The number of rotatable bonds is 2. The normalized spacial score (nSPS) is 17.9. The zero-order valence-electron chi connectivity index (χ0n) is 15.0. The Kier molecular flexibility index (Phi) is 3.58. The predicted molar refractivity (Wildman–Crippen MR) is 104 cm³/mol. The monoisotopic (exact) mass is 344 g/mol. The van der Waals surface area contributed by atoms with Gasteiger partial charge in [0.1, 0.15) is 0 Å². The maximum Gasteiger partial charge on any atom is 0.219 e. The molecule has 130 valence electrons. The second kappa shape index (κ2) is 5.70. The first-order valence-corrected chi connectivity index (χ1v) is 8.58. The van der Waals surface area contributed by atoms with Gasteiger partial charge in [-0.25, -0.2) is 4.99 Å². The zero-order valence-corrected chi connectivity index (χ0v) is 15.0. The third kappa shape index (κ3) is 2.30. The topological polar surface area (TPSA) is 52.9 Å². The van der Waals surface area contributed by atoms with Crippen LogP contribution in [0.15, 0.2) is 70.1 Å². The molecule has 3 aromatic carbocycles. The summed E-state index contributed by atoms with van der Waals surface area (Å²) in [6.07, 6.45) is 1.79. The molecule has 0 spiro atoms. The maximum atomic E-state index is 12.5. The van der Waals surface area contributed by atoms with Gasteiger partial charge in [-0.1, -0.05) is 50.2 Å². The Morgan fingerprint density at radius 1 is 1.04 bits per heavy atom. The molecule has 4 rings (SSSR count). The highest BCUT2D eigenvalue weighted by Gasteiger charge is 2.38. The van der Waals surface area contributed by atoms with Crippen molar-refractivity contribution in [3.8, 4) is 5.75 Å². The average Bonchev–Trinajstić information content (AvgIpc) is 2.85. The molecule has 0 amide bonds. The van der Waals surface area contributed by atoms with Crippen LogP contribution in [0.3, 0.4) is 0 Å². The standard InChI is InChI=1S/C22H20N2O2/c1-22(2)16-11-7-8-12-17(16)24(3)18(22)13-15-20(25)19(21(15)26)23-14-9-5-4-6-10-14/h4-13,25H,1-3H3. The Morgan fingerprint density at radius 2 is 1.69 bits per heavy atom. The second-order valence-corrected chi connectivity index (χ2v) is 7.12. The van der Waals surface area contributed by atoms with Gasteiger partial charge in [0, 0.05) is 23.8 Å². The van der Waals surface area contributed by atoms with E-state index in [1.165, 1.54) is 5.56 Å². The number of allylic oxidation sites excluding steroid dienone is 1. The van der Waals surface area contributed by atoms with Crippen LogP contribution < -0.4 is 15.7 Å². The minimum Gasteiger partial charge on any atom is -0.505 e. The molecule has 0 saturated carbocycles. The maximum absolute atomic E-state index is 12.5. The summed E-state index contributed by atoms with van der Waals surface area (Å²) in [5.41, 5.74) is 3.81. The van der Waals surface area contributed by atoms with Crippen molar-refractivity contribution in [2.45, 2.75) is 19.3 Å². The van der Waals surface area contributed by atoms with Crippen molar-refractivity contribution < 1.29 is 5.11 Å². The number of aromatic hydroxyl groups is 1. The lowest BCUT2D eigenvalue weighted by molar-refractivity contribution is 0.458. The van der Waals surface area contributed by atoms with Gasteiger partial charge >= 0.3 is 0 Å². The lowest BCUT2D eigenvalue weighted by Gasteiger charge is -2.24. The van der Waals surface area contributed by atoms with Crippen LogP contribution in [0.2, 0.25) is 0 Å². The molecule has 26 heavy (non-hydrogen) atoms. The molecule has 0 aliphatic carbocycles. The number of nitrogens with zero attached hydrogens (tertiary/aromatic N) is 2. The molecule has 1 heterocycles. The van der Waals surface area contributed by atoms with Crippen LogP contribution >= 0.6 is 0 Å². The average molecular weight is 344 g/mol. The Labute approximate surface area is 152 Å². The quantitative estimate of drug-likeness (QED) is 0.772. The molecule has 4 heteroatoms. The van der Waals surface area contributed by atoms with Gasteiger partial charge in [0.15, 0.2) is 11.1 Å². The molecule has 0 atom stereocenters. The Morgan fingerprint density at radius 3 is 2.35 bits per heavy atom. The summed E-state index contributed by atoms with van der Waals surface area (Å²) >= 11 is 0. The number of likely N-dealkylation sites (N-methyl/N-ethyl adjacent to an activating group) is 1. The van der Waals surface area contributed by atoms with Crippen molar-refractivity contribution in [1.82, 2.24) is 0 Å². The molecule has 3 aromatic rings. The molecule has 0 radical (unpaired) electrons. The van der Waals surface area contributed by atoms with Crippen molar-refractivity contribution >= 4 is 17.5 Å². The van der Waals surface area contributed by atoms with Gasteiger partial charge in [-0.15, -0.1) is 0 Å². The summed E-state index contributed by atoms with van der Waals surface area (Å²) in [4.78, 5) is 18.9. The van der Waals surface area contributed by atoms with Gasteiger partial charge in [0.2, 0.25) is 5.43 Å². The summed E-state index contributed by atoms with van der Waals surface area (Å²) in [6.45, 7) is 4.25. The van der Waals surface area contributed by atoms with E-state index in [9.17, 15) is 9.90 Å². The number of para-hydroxylation sites is 2. The molecule has 1 N–H and O–H groups in total. The molecule has 1 aliphatic rings. The van der Waals surface area contributed by atoms with Crippen LogP contribution in [0.25, 0.3) is 6.08 Å². The van der Waals surface area contributed by atoms with E-state index >= 15 is 0 Å². The van der Waals surface area contributed by atoms with Gasteiger partial charge < -0.3 is 10.0 Å². The number of hydrogen-bond donors (Lipinski definition) is 1. The second-order valence-electron chi connectivity index (χ2n) is 7.12. The van der Waals surface area contributed by atoms with Crippen molar-refractivity contribution in [2.75, 3.05) is 11.9 Å². The highest BCUT2D eigenvalue weighted by Crippen LogP contribution is 2.47. The molecule has 0 fully saturated rings. The first kappa shape index (κ1) is 16.3. The van der Waals surface area contributed by atoms with Crippen molar-refractivity contribution in [3.05, 3.63) is 87.0 Å². The van der Waals surface area contributed by atoms with E-state index in [1.54, 1.807) is 18.2 Å². The number of benzene rings is 2. The molecule has 0 unspecified atom stereocenters. The van der Waals surface area contributed by atoms with Crippen LogP contribution in [-0.4, -0.2) is 12.2 Å². The largest absolute Gasteiger partial charge is 0.505 e. The SMILES string of the molecule is CN1C(=Cc2c(O)c(=Nc3ccccc3)c2=O)C(C)(C)c2ccccc21. The van der Waals surface area contributed by atoms with E-state index < -0.39 is 0 Å².